The molecule has 0 spiro atoms. The van der Waals surface area contributed by atoms with Crippen molar-refractivity contribution < 1.29 is 28.2 Å². The maximum Gasteiger partial charge on any atom is 0.372 e. The molecule has 0 unspecified atom stereocenters. The van der Waals surface area contributed by atoms with E-state index in [1.165, 1.54) is 19.2 Å². The van der Waals surface area contributed by atoms with Crippen LogP contribution in [0.2, 0.25) is 0 Å². The van der Waals surface area contributed by atoms with Gasteiger partial charge >= 0.3 is 5.97 Å². The van der Waals surface area contributed by atoms with E-state index in [2.05, 4.69) is 5.32 Å². The molecule has 23 heavy (non-hydrogen) atoms. The van der Waals surface area contributed by atoms with Gasteiger partial charge < -0.3 is 19.6 Å². The first-order valence-corrected chi connectivity index (χ1v) is 6.82. The van der Waals surface area contributed by atoms with Gasteiger partial charge in [0, 0.05) is 5.56 Å². The van der Waals surface area contributed by atoms with Crippen molar-refractivity contribution in [3.63, 3.8) is 0 Å². The van der Waals surface area contributed by atoms with Gasteiger partial charge in [-0.2, -0.15) is 0 Å². The van der Waals surface area contributed by atoms with Crippen LogP contribution in [0.3, 0.4) is 0 Å². The maximum atomic E-state index is 13.5. The minimum atomic E-state index is -1.16. The first-order chi connectivity index (χ1) is 10.9. The lowest BCUT2D eigenvalue weighted by atomic mass is 10.1. The number of furan rings is 1. The lowest BCUT2D eigenvalue weighted by Gasteiger charge is -2.06. The summed E-state index contributed by atoms with van der Waals surface area (Å²) in [6.07, 6.45) is -0.00755. The van der Waals surface area contributed by atoms with Crippen molar-refractivity contribution in [3.8, 4) is 5.75 Å². The Kier molecular flexibility index (Phi) is 5.00. The summed E-state index contributed by atoms with van der Waals surface area (Å²) in [4.78, 5) is 22.7. The fourth-order valence-electron chi connectivity index (χ4n) is 2.10. The quantitative estimate of drug-likeness (QED) is 0.852. The second-order valence-corrected chi connectivity index (χ2v) is 4.95. The van der Waals surface area contributed by atoms with Gasteiger partial charge in [-0.05, 0) is 30.7 Å². The number of methoxy groups -OCH3 is 1. The van der Waals surface area contributed by atoms with Gasteiger partial charge in [-0.15, -0.1) is 0 Å². The van der Waals surface area contributed by atoms with Crippen LogP contribution in [0.15, 0.2) is 28.7 Å². The molecule has 0 bridgehead atoms. The molecule has 0 atom stereocenters. The number of aryl methyl sites for hydroxylation is 1. The first kappa shape index (κ1) is 16.5. The van der Waals surface area contributed by atoms with Crippen molar-refractivity contribution in [2.75, 3.05) is 7.11 Å². The SMILES string of the molecule is COc1ccc(CC(=O)NCc2cc(C)c(C(=O)O)o2)cc1F. The summed E-state index contributed by atoms with van der Waals surface area (Å²) >= 11 is 0. The molecule has 6 nitrogen and oxygen atoms in total. The Hall–Kier alpha value is -2.83. The van der Waals surface area contributed by atoms with E-state index < -0.39 is 11.8 Å². The van der Waals surface area contributed by atoms with Crippen LogP contribution in [0.1, 0.15) is 27.4 Å². The third-order valence-electron chi connectivity index (χ3n) is 3.20. The molecule has 0 aliphatic rings. The largest absolute Gasteiger partial charge is 0.494 e. The van der Waals surface area contributed by atoms with Crippen LogP contribution >= 0.6 is 0 Å². The van der Waals surface area contributed by atoms with E-state index >= 15 is 0 Å². The topological polar surface area (TPSA) is 88.8 Å². The van der Waals surface area contributed by atoms with Gasteiger partial charge in [-0.3, -0.25) is 4.79 Å². The molecule has 0 saturated heterocycles. The maximum absolute atomic E-state index is 13.5. The van der Waals surface area contributed by atoms with Crippen molar-refractivity contribution in [1.29, 1.82) is 0 Å². The zero-order valence-electron chi connectivity index (χ0n) is 12.7. The molecule has 0 radical (unpaired) electrons. The van der Waals surface area contributed by atoms with E-state index in [0.29, 0.717) is 16.9 Å². The Balaban J connectivity index is 1.94. The van der Waals surface area contributed by atoms with Crippen molar-refractivity contribution >= 4 is 11.9 Å². The number of hydrogen-bond donors (Lipinski definition) is 2. The number of carbonyl (C=O) groups excluding carboxylic acids is 1. The number of halogens is 1. The molecule has 0 fully saturated rings. The Morgan fingerprint density at radius 2 is 2.09 bits per heavy atom. The third kappa shape index (κ3) is 4.09. The van der Waals surface area contributed by atoms with E-state index in [9.17, 15) is 14.0 Å². The van der Waals surface area contributed by atoms with Crippen molar-refractivity contribution in [2.24, 2.45) is 0 Å². The van der Waals surface area contributed by atoms with E-state index in [1.54, 1.807) is 19.1 Å². The number of carboxylic acids is 1. The number of carbonyl (C=O) groups is 2. The van der Waals surface area contributed by atoms with Crippen LogP contribution in [-0.2, 0) is 17.8 Å². The monoisotopic (exact) mass is 321 g/mol. The third-order valence-corrected chi connectivity index (χ3v) is 3.20. The van der Waals surface area contributed by atoms with Crippen LogP contribution in [0.5, 0.6) is 5.75 Å². The van der Waals surface area contributed by atoms with Gasteiger partial charge in [0.25, 0.3) is 0 Å². The average molecular weight is 321 g/mol. The molecule has 2 N–H and O–H groups in total. The fourth-order valence-corrected chi connectivity index (χ4v) is 2.10. The highest BCUT2D eigenvalue weighted by Gasteiger charge is 2.15. The van der Waals surface area contributed by atoms with Gasteiger partial charge in [-0.1, -0.05) is 6.07 Å². The molecule has 2 aromatic rings. The second-order valence-electron chi connectivity index (χ2n) is 4.95. The standard InChI is InChI=1S/C16H16FNO5/c1-9-5-11(23-15(9)16(20)21)8-18-14(19)7-10-3-4-13(22-2)12(17)6-10/h3-6H,7-8H2,1-2H3,(H,18,19)(H,20,21). The average Bonchev–Trinajstić information content (AvgIpc) is 2.87. The predicted molar refractivity (Wildman–Crippen MR) is 78.9 cm³/mol. The molecule has 1 aromatic carbocycles. The molecule has 0 saturated carbocycles. The normalized spacial score (nSPS) is 10.4. The molecular formula is C16H16FNO5. The smallest absolute Gasteiger partial charge is 0.372 e. The summed E-state index contributed by atoms with van der Waals surface area (Å²) in [7, 11) is 1.36. The van der Waals surface area contributed by atoms with Crippen LogP contribution in [0, 0.1) is 12.7 Å². The van der Waals surface area contributed by atoms with Gasteiger partial charge in [0.15, 0.2) is 11.6 Å². The van der Waals surface area contributed by atoms with Gasteiger partial charge in [-0.25, -0.2) is 9.18 Å². The number of carboxylic acid groups (broad SMARTS) is 1. The van der Waals surface area contributed by atoms with E-state index in [0.717, 1.165) is 0 Å². The molecule has 2 rings (SSSR count). The summed E-state index contributed by atoms with van der Waals surface area (Å²) in [5.41, 5.74) is 0.988. The number of amides is 1. The van der Waals surface area contributed by atoms with Gasteiger partial charge in [0.1, 0.15) is 5.76 Å². The molecule has 1 heterocycles. The minimum absolute atomic E-state index is 0.00755. The zero-order chi connectivity index (χ0) is 17.0. The fraction of sp³-hybridized carbons (Fsp3) is 0.250. The molecule has 0 aliphatic heterocycles. The highest BCUT2D eigenvalue weighted by molar-refractivity contribution is 5.86. The number of rotatable bonds is 6. The summed E-state index contributed by atoms with van der Waals surface area (Å²) in [6, 6.07) is 5.84. The van der Waals surface area contributed by atoms with E-state index in [1.807, 2.05) is 0 Å². The molecule has 0 aliphatic carbocycles. The summed E-state index contributed by atoms with van der Waals surface area (Å²) in [5, 5.41) is 11.5. The molecule has 1 amide bonds. The second kappa shape index (κ2) is 6.95. The van der Waals surface area contributed by atoms with Gasteiger partial charge in [0.05, 0.1) is 20.1 Å². The van der Waals surface area contributed by atoms with Crippen molar-refractivity contribution in [2.45, 2.75) is 19.9 Å². The number of hydrogen-bond acceptors (Lipinski definition) is 4. The highest BCUT2D eigenvalue weighted by atomic mass is 19.1. The van der Waals surface area contributed by atoms with Crippen LogP contribution < -0.4 is 10.1 Å². The summed E-state index contributed by atoms with van der Waals surface area (Å²) in [6.45, 7) is 1.67. The van der Waals surface area contributed by atoms with Crippen LogP contribution in [0.4, 0.5) is 4.39 Å². The lowest BCUT2D eigenvalue weighted by Crippen LogP contribution is -2.24. The first-order valence-electron chi connectivity index (χ1n) is 6.82. The van der Waals surface area contributed by atoms with Crippen LogP contribution in [-0.4, -0.2) is 24.1 Å². The highest BCUT2D eigenvalue weighted by Crippen LogP contribution is 2.18. The Morgan fingerprint density at radius 3 is 2.65 bits per heavy atom. The molecule has 7 heteroatoms. The predicted octanol–water partition coefficient (Wildman–Crippen LogP) is 2.29. The van der Waals surface area contributed by atoms with E-state index in [-0.39, 0.29) is 30.4 Å². The van der Waals surface area contributed by atoms with Crippen molar-refractivity contribution in [3.05, 3.63) is 52.7 Å². The summed E-state index contributed by atoms with van der Waals surface area (Å²) in [5.74, 6) is -1.72. The molecular weight excluding hydrogens is 305 g/mol. The van der Waals surface area contributed by atoms with Crippen LogP contribution in [0.25, 0.3) is 0 Å². The number of ether oxygens (including phenoxy) is 1. The van der Waals surface area contributed by atoms with Crippen molar-refractivity contribution in [1.82, 2.24) is 5.32 Å². The Labute approximate surface area is 131 Å². The number of benzene rings is 1. The Morgan fingerprint density at radius 1 is 1.35 bits per heavy atom. The Bertz CT molecular complexity index is 738. The number of aromatic carboxylic acids is 1. The molecule has 122 valence electrons. The van der Waals surface area contributed by atoms with E-state index in [4.69, 9.17) is 14.3 Å². The lowest BCUT2D eigenvalue weighted by molar-refractivity contribution is -0.120. The minimum Gasteiger partial charge on any atom is -0.494 e. The zero-order valence-corrected chi connectivity index (χ0v) is 12.7. The number of nitrogens with one attached hydrogen (secondary N) is 1. The summed E-state index contributed by atoms with van der Waals surface area (Å²) < 4.78 is 23.5. The molecule has 1 aromatic heterocycles. The van der Waals surface area contributed by atoms with Gasteiger partial charge in [0.2, 0.25) is 11.7 Å².